The number of amides is 1. The molecule has 2 heterocycles. The minimum atomic E-state index is -1.19. The number of benzene rings is 1. The van der Waals surface area contributed by atoms with Crippen molar-refractivity contribution in [1.82, 2.24) is 10.1 Å². The Hall–Kier alpha value is -3.88. The summed E-state index contributed by atoms with van der Waals surface area (Å²) >= 11 is 0. The number of nitrogens with one attached hydrogen (secondary N) is 1. The lowest BCUT2D eigenvalue weighted by atomic mass is 10.1. The fraction of sp³-hybridized carbons (Fsp3) is 0.111. The van der Waals surface area contributed by atoms with Crippen LogP contribution in [0.2, 0.25) is 0 Å². The molecular formula is C18H15N3O6. The highest BCUT2D eigenvalue weighted by Crippen LogP contribution is 2.33. The van der Waals surface area contributed by atoms with Crippen molar-refractivity contribution in [1.29, 1.82) is 0 Å². The first kappa shape index (κ1) is 17.9. The van der Waals surface area contributed by atoms with Gasteiger partial charge in [0.05, 0.1) is 19.8 Å². The number of carbonyl (C=O) groups excluding carboxylic acids is 1. The van der Waals surface area contributed by atoms with Crippen LogP contribution in [0.25, 0.3) is 11.3 Å². The molecule has 0 radical (unpaired) electrons. The molecule has 0 aliphatic heterocycles. The third-order valence-corrected chi connectivity index (χ3v) is 3.65. The van der Waals surface area contributed by atoms with Crippen LogP contribution in [0.4, 0.5) is 5.69 Å². The number of hydrogen-bond donors (Lipinski definition) is 2. The molecule has 9 heteroatoms. The molecule has 1 amide bonds. The van der Waals surface area contributed by atoms with Gasteiger partial charge in [-0.25, -0.2) is 9.78 Å². The highest BCUT2D eigenvalue weighted by atomic mass is 16.5. The molecule has 27 heavy (non-hydrogen) atoms. The van der Waals surface area contributed by atoms with Gasteiger partial charge < -0.3 is 24.4 Å². The van der Waals surface area contributed by atoms with Crippen molar-refractivity contribution >= 4 is 17.6 Å². The van der Waals surface area contributed by atoms with E-state index < -0.39 is 11.9 Å². The van der Waals surface area contributed by atoms with Crippen molar-refractivity contribution in [3.05, 3.63) is 54.0 Å². The molecule has 0 bridgehead atoms. The molecule has 0 saturated carbocycles. The summed E-state index contributed by atoms with van der Waals surface area (Å²) in [5.74, 6) is -0.323. The molecule has 0 saturated heterocycles. The number of nitrogens with zero attached hydrogens (tertiary/aromatic N) is 2. The summed E-state index contributed by atoms with van der Waals surface area (Å²) in [6.07, 6.45) is 1.29. The lowest BCUT2D eigenvalue weighted by molar-refractivity contribution is 0.0690. The van der Waals surface area contributed by atoms with E-state index in [4.69, 9.17) is 19.1 Å². The summed E-state index contributed by atoms with van der Waals surface area (Å²) < 4.78 is 15.7. The summed E-state index contributed by atoms with van der Waals surface area (Å²) in [5.41, 5.74) is 0.676. The van der Waals surface area contributed by atoms with Crippen LogP contribution in [-0.2, 0) is 0 Å². The summed E-state index contributed by atoms with van der Waals surface area (Å²) in [7, 11) is 3.05. The van der Waals surface area contributed by atoms with Crippen molar-refractivity contribution in [3.63, 3.8) is 0 Å². The second-order valence-electron chi connectivity index (χ2n) is 5.33. The average Bonchev–Trinajstić information content (AvgIpc) is 3.18. The second-order valence-corrected chi connectivity index (χ2v) is 5.33. The minimum Gasteiger partial charge on any atom is -0.497 e. The van der Waals surface area contributed by atoms with Crippen LogP contribution in [-0.4, -0.2) is 41.3 Å². The number of carbonyl (C=O) groups is 2. The van der Waals surface area contributed by atoms with Crippen molar-refractivity contribution < 1.29 is 28.7 Å². The maximum absolute atomic E-state index is 12.4. The molecule has 0 atom stereocenters. The first-order valence-corrected chi connectivity index (χ1v) is 7.71. The Morgan fingerprint density at radius 2 is 1.89 bits per heavy atom. The molecule has 0 spiro atoms. The lowest BCUT2D eigenvalue weighted by Gasteiger charge is -2.07. The van der Waals surface area contributed by atoms with Crippen molar-refractivity contribution in [2.75, 3.05) is 19.5 Å². The van der Waals surface area contributed by atoms with Crippen LogP contribution in [0.1, 0.15) is 21.0 Å². The summed E-state index contributed by atoms with van der Waals surface area (Å²) in [5, 5.41) is 15.3. The van der Waals surface area contributed by atoms with Gasteiger partial charge in [-0.05, 0) is 30.3 Å². The molecule has 1 aromatic carbocycles. The Balaban J connectivity index is 1.84. The van der Waals surface area contributed by atoms with Gasteiger partial charge in [0.15, 0.2) is 11.5 Å². The van der Waals surface area contributed by atoms with Gasteiger partial charge in [0, 0.05) is 18.0 Å². The second kappa shape index (κ2) is 7.56. The maximum atomic E-state index is 12.4. The van der Waals surface area contributed by atoms with E-state index in [1.165, 1.54) is 38.6 Å². The zero-order valence-electron chi connectivity index (χ0n) is 14.4. The van der Waals surface area contributed by atoms with Crippen molar-refractivity contribution in [2.24, 2.45) is 0 Å². The molecule has 2 aromatic heterocycles. The molecule has 0 unspecified atom stereocenters. The third kappa shape index (κ3) is 3.87. The molecule has 138 valence electrons. The predicted octanol–water partition coefficient (Wildman–Crippen LogP) is 2.70. The molecule has 3 aromatic rings. The number of carboxylic acid groups (broad SMARTS) is 1. The Morgan fingerprint density at radius 3 is 2.59 bits per heavy atom. The third-order valence-electron chi connectivity index (χ3n) is 3.65. The van der Waals surface area contributed by atoms with Gasteiger partial charge in [-0.3, -0.25) is 4.79 Å². The van der Waals surface area contributed by atoms with Crippen molar-refractivity contribution in [3.8, 4) is 22.8 Å². The van der Waals surface area contributed by atoms with Gasteiger partial charge in [0.1, 0.15) is 17.2 Å². The Morgan fingerprint density at radius 1 is 1.07 bits per heavy atom. The Kier molecular flexibility index (Phi) is 5.02. The van der Waals surface area contributed by atoms with Gasteiger partial charge in [-0.1, -0.05) is 5.16 Å². The highest BCUT2D eigenvalue weighted by Gasteiger charge is 2.18. The number of ether oxygens (including phenoxy) is 2. The van der Waals surface area contributed by atoms with E-state index in [0.717, 1.165) is 0 Å². The molecule has 0 aliphatic carbocycles. The Bertz CT molecular complexity index is 998. The van der Waals surface area contributed by atoms with Gasteiger partial charge in [-0.15, -0.1) is 0 Å². The van der Waals surface area contributed by atoms with Crippen LogP contribution in [0.3, 0.4) is 0 Å². The number of pyridine rings is 1. The number of hydrogen-bond acceptors (Lipinski definition) is 7. The van der Waals surface area contributed by atoms with Crippen molar-refractivity contribution in [2.45, 2.75) is 0 Å². The first-order valence-electron chi connectivity index (χ1n) is 7.71. The van der Waals surface area contributed by atoms with Gasteiger partial charge in [0.25, 0.3) is 5.91 Å². The van der Waals surface area contributed by atoms with Gasteiger partial charge in [0.2, 0.25) is 0 Å². The number of methoxy groups -OCH3 is 2. The monoisotopic (exact) mass is 369 g/mol. The summed E-state index contributed by atoms with van der Waals surface area (Å²) in [4.78, 5) is 27.0. The molecule has 0 aliphatic rings. The molecule has 3 rings (SSSR count). The van der Waals surface area contributed by atoms with E-state index in [9.17, 15) is 9.59 Å². The predicted molar refractivity (Wildman–Crippen MR) is 94.2 cm³/mol. The van der Waals surface area contributed by atoms with E-state index in [1.807, 2.05) is 0 Å². The van der Waals surface area contributed by atoms with E-state index in [-0.39, 0.29) is 17.1 Å². The van der Waals surface area contributed by atoms with E-state index >= 15 is 0 Å². The van der Waals surface area contributed by atoms with Crippen LogP contribution in [0.15, 0.2) is 47.1 Å². The van der Waals surface area contributed by atoms with Crippen LogP contribution in [0, 0.1) is 0 Å². The number of carboxylic acids is 1. The van der Waals surface area contributed by atoms with Crippen LogP contribution in [0.5, 0.6) is 11.5 Å². The summed E-state index contributed by atoms with van der Waals surface area (Å²) in [6.45, 7) is 0. The normalized spacial score (nSPS) is 10.3. The van der Waals surface area contributed by atoms with E-state index in [1.54, 1.807) is 18.2 Å². The molecular weight excluding hydrogens is 354 g/mol. The van der Waals surface area contributed by atoms with Crippen LogP contribution >= 0.6 is 0 Å². The molecule has 2 N–H and O–H groups in total. The minimum absolute atomic E-state index is 0.0172. The maximum Gasteiger partial charge on any atom is 0.354 e. The number of aromatic nitrogens is 2. The van der Waals surface area contributed by atoms with E-state index in [0.29, 0.717) is 22.8 Å². The lowest BCUT2D eigenvalue weighted by Crippen LogP contribution is -2.13. The number of aromatic carboxylic acids is 1. The fourth-order valence-electron chi connectivity index (χ4n) is 2.34. The topological polar surface area (TPSA) is 124 Å². The SMILES string of the molecule is COc1ccc(OC)c(-c2cc(C(=O)Nc3ccnc(C(=O)O)c3)no2)c1. The van der Waals surface area contributed by atoms with Gasteiger partial charge in [-0.2, -0.15) is 0 Å². The Labute approximate surface area is 153 Å². The fourth-order valence-corrected chi connectivity index (χ4v) is 2.34. The largest absolute Gasteiger partial charge is 0.497 e. The standard InChI is InChI=1S/C18H15N3O6/c1-25-11-3-4-15(26-2)12(8-11)16-9-13(21-27-16)17(22)20-10-5-6-19-14(7-10)18(23)24/h3-9H,1-2H3,(H,23,24)(H,19,20,22). The summed E-state index contributed by atoms with van der Waals surface area (Å²) in [6, 6.07) is 9.30. The van der Waals surface area contributed by atoms with E-state index in [2.05, 4.69) is 15.5 Å². The zero-order valence-corrected chi connectivity index (χ0v) is 14.4. The average molecular weight is 369 g/mol. The first-order chi connectivity index (χ1) is 13.0. The quantitative estimate of drug-likeness (QED) is 0.680. The van der Waals surface area contributed by atoms with Gasteiger partial charge >= 0.3 is 5.97 Å². The highest BCUT2D eigenvalue weighted by molar-refractivity contribution is 6.03. The number of rotatable bonds is 6. The zero-order chi connectivity index (χ0) is 19.4. The molecule has 0 fully saturated rings. The number of anilines is 1. The molecule has 9 nitrogen and oxygen atoms in total. The van der Waals surface area contributed by atoms with Crippen LogP contribution < -0.4 is 14.8 Å². The smallest absolute Gasteiger partial charge is 0.354 e.